The second-order valence-corrected chi connectivity index (χ2v) is 4.72. The van der Waals surface area contributed by atoms with Gasteiger partial charge in [-0.05, 0) is 37.6 Å². The Kier molecular flexibility index (Phi) is 5.62. The average molecular weight is 237 g/mol. The summed E-state index contributed by atoms with van der Waals surface area (Å²) >= 11 is 0. The van der Waals surface area contributed by atoms with Crippen molar-refractivity contribution in [2.45, 2.75) is 26.5 Å². The summed E-state index contributed by atoms with van der Waals surface area (Å²) in [6.07, 6.45) is -0.420. The molecule has 1 atom stereocenters. The molecular formula is C14H23NO2. The maximum Gasteiger partial charge on any atom is 0.0900 e. The Morgan fingerprint density at radius 2 is 2.00 bits per heavy atom. The van der Waals surface area contributed by atoms with Gasteiger partial charge in [-0.25, -0.2) is 0 Å². The number of likely N-dealkylation sites (N-methyl/N-ethyl adjacent to an activating group) is 1. The molecule has 0 aliphatic rings. The standard InChI is InChI=1S/C14H23NO2/c1-11-5-6-13(7-12(11)2)8-15(3)9-14(16)10-17-4/h5-7,14,16H,8-10H2,1-4H3. The Bertz CT molecular complexity index is 352. The van der Waals surface area contributed by atoms with Crippen molar-refractivity contribution < 1.29 is 9.84 Å². The fourth-order valence-electron chi connectivity index (χ4n) is 1.88. The molecule has 0 fully saturated rings. The summed E-state index contributed by atoms with van der Waals surface area (Å²) in [5, 5.41) is 9.63. The molecule has 3 heteroatoms. The molecule has 0 aromatic heterocycles. The number of rotatable bonds is 6. The maximum atomic E-state index is 9.63. The van der Waals surface area contributed by atoms with Gasteiger partial charge in [-0.2, -0.15) is 0 Å². The fraction of sp³-hybridized carbons (Fsp3) is 0.571. The van der Waals surface area contributed by atoms with Crippen LogP contribution in [0.5, 0.6) is 0 Å². The minimum Gasteiger partial charge on any atom is -0.389 e. The monoisotopic (exact) mass is 237 g/mol. The third kappa shape index (κ3) is 4.86. The van der Waals surface area contributed by atoms with Gasteiger partial charge in [0.1, 0.15) is 0 Å². The largest absolute Gasteiger partial charge is 0.389 e. The second kappa shape index (κ2) is 6.74. The lowest BCUT2D eigenvalue weighted by atomic mass is 10.1. The summed E-state index contributed by atoms with van der Waals surface area (Å²) in [4.78, 5) is 2.10. The lowest BCUT2D eigenvalue weighted by Gasteiger charge is -2.20. The van der Waals surface area contributed by atoms with Crippen LogP contribution in [-0.2, 0) is 11.3 Å². The van der Waals surface area contributed by atoms with Crippen LogP contribution in [0.3, 0.4) is 0 Å². The lowest BCUT2D eigenvalue weighted by molar-refractivity contribution is 0.0419. The molecule has 0 heterocycles. The molecule has 1 aromatic rings. The van der Waals surface area contributed by atoms with Crippen molar-refractivity contribution in [1.82, 2.24) is 4.90 Å². The zero-order valence-corrected chi connectivity index (χ0v) is 11.2. The predicted molar refractivity (Wildman–Crippen MR) is 70.1 cm³/mol. The Hall–Kier alpha value is -0.900. The molecule has 1 N–H and O–H groups in total. The molecule has 0 amide bonds. The van der Waals surface area contributed by atoms with Crippen LogP contribution >= 0.6 is 0 Å². The zero-order valence-electron chi connectivity index (χ0n) is 11.2. The fourth-order valence-corrected chi connectivity index (χ4v) is 1.88. The molecule has 0 radical (unpaired) electrons. The third-order valence-corrected chi connectivity index (χ3v) is 2.91. The summed E-state index contributed by atoms with van der Waals surface area (Å²) in [5.41, 5.74) is 3.91. The highest BCUT2D eigenvalue weighted by Crippen LogP contribution is 2.11. The van der Waals surface area contributed by atoms with Crippen molar-refractivity contribution >= 4 is 0 Å². The molecular weight excluding hydrogens is 214 g/mol. The second-order valence-electron chi connectivity index (χ2n) is 4.72. The van der Waals surface area contributed by atoms with Gasteiger partial charge in [0.15, 0.2) is 0 Å². The summed E-state index contributed by atoms with van der Waals surface area (Å²) in [6.45, 7) is 6.10. The SMILES string of the molecule is COCC(O)CN(C)Cc1ccc(C)c(C)c1. The van der Waals surface area contributed by atoms with Gasteiger partial charge in [-0.3, -0.25) is 4.90 Å². The number of aryl methyl sites for hydroxylation is 2. The topological polar surface area (TPSA) is 32.7 Å². The van der Waals surface area contributed by atoms with Crippen LogP contribution in [0.25, 0.3) is 0 Å². The van der Waals surface area contributed by atoms with Gasteiger partial charge in [0.05, 0.1) is 12.7 Å². The molecule has 17 heavy (non-hydrogen) atoms. The first-order valence-electron chi connectivity index (χ1n) is 5.94. The van der Waals surface area contributed by atoms with Gasteiger partial charge < -0.3 is 9.84 Å². The van der Waals surface area contributed by atoms with E-state index in [2.05, 4.69) is 36.9 Å². The Morgan fingerprint density at radius 3 is 2.59 bits per heavy atom. The van der Waals surface area contributed by atoms with E-state index in [0.717, 1.165) is 6.54 Å². The van der Waals surface area contributed by atoms with Crippen LogP contribution in [0.1, 0.15) is 16.7 Å². The number of ether oxygens (including phenoxy) is 1. The molecule has 0 spiro atoms. The summed E-state index contributed by atoms with van der Waals surface area (Å²) in [7, 11) is 3.61. The lowest BCUT2D eigenvalue weighted by Crippen LogP contribution is -2.31. The number of nitrogens with zero attached hydrogens (tertiary/aromatic N) is 1. The quantitative estimate of drug-likeness (QED) is 0.818. The highest BCUT2D eigenvalue weighted by atomic mass is 16.5. The highest BCUT2D eigenvalue weighted by Gasteiger charge is 2.08. The van der Waals surface area contributed by atoms with Crippen LogP contribution < -0.4 is 0 Å². The first kappa shape index (κ1) is 14.2. The molecule has 3 nitrogen and oxygen atoms in total. The van der Waals surface area contributed by atoms with Crippen LogP contribution in [0.2, 0.25) is 0 Å². The normalized spacial score (nSPS) is 13.1. The van der Waals surface area contributed by atoms with Crippen molar-refractivity contribution in [3.63, 3.8) is 0 Å². The van der Waals surface area contributed by atoms with Crippen molar-refractivity contribution in [1.29, 1.82) is 0 Å². The van der Waals surface area contributed by atoms with Crippen molar-refractivity contribution in [2.75, 3.05) is 27.3 Å². The van der Waals surface area contributed by atoms with E-state index in [1.54, 1.807) is 7.11 Å². The van der Waals surface area contributed by atoms with E-state index in [4.69, 9.17) is 4.74 Å². The van der Waals surface area contributed by atoms with Gasteiger partial charge in [-0.15, -0.1) is 0 Å². The average Bonchev–Trinajstić information content (AvgIpc) is 2.23. The Labute approximate surface area is 104 Å². The maximum absolute atomic E-state index is 9.63. The number of hydrogen-bond donors (Lipinski definition) is 1. The molecule has 1 unspecified atom stereocenters. The molecule has 1 aromatic carbocycles. The zero-order chi connectivity index (χ0) is 12.8. The number of aliphatic hydroxyl groups excluding tert-OH is 1. The van der Waals surface area contributed by atoms with Crippen LogP contribution in [-0.4, -0.2) is 43.4 Å². The van der Waals surface area contributed by atoms with Gasteiger partial charge >= 0.3 is 0 Å². The molecule has 0 saturated heterocycles. The van der Waals surface area contributed by atoms with Crippen LogP contribution in [0, 0.1) is 13.8 Å². The number of methoxy groups -OCH3 is 1. The molecule has 96 valence electrons. The smallest absolute Gasteiger partial charge is 0.0900 e. The summed E-state index contributed by atoms with van der Waals surface area (Å²) in [6, 6.07) is 6.49. The first-order valence-corrected chi connectivity index (χ1v) is 5.94. The molecule has 0 bridgehead atoms. The van der Waals surface area contributed by atoms with Crippen LogP contribution in [0.15, 0.2) is 18.2 Å². The minimum absolute atomic E-state index is 0.386. The first-order chi connectivity index (χ1) is 8.02. The number of benzene rings is 1. The molecule has 0 aliphatic carbocycles. The number of aliphatic hydroxyl groups is 1. The Morgan fingerprint density at radius 1 is 1.29 bits per heavy atom. The highest BCUT2D eigenvalue weighted by molar-refractivity contribution is 5.29. The predicted octanol–water partition coefficient (Wildman–Crippen LogP) is 1.74. The van der Waals surface area contributed by atoms with E-state index in [1.165, 1.54) is 16.7 Å². The summed E-state index contributed by atoms with van der Waals surface area (Å²) < 4.78 is 4.91. The van der Waals surface area contributed by atoms with Gasteiger partial charge in [0.2, 0.25) is 0 Å². The van der Waals surface area contributed by atoms with E-state index in [1.807, 2.05) is 7.05 Å². The molecule has 0 aliphatic heterocycles. The van der Waals surface area contributed by atoms with Crippen molar-refractivity contribution in [2.24, 2.45) is 0 Å². The van der Waals surface area contributed by atoms with E-state index in [9.17, 15) is 5.11 Å². The van der Waals surface area contributed by atoms with Crippen molar-refractivity contribution in [3.8, 4) is 0 Å². The third-order valence-electron chi connectivity index (χ3n) is 2.91. The van der Waals surface area contributed by atoms with E-state index < -0.39 is 6.10 Å². The number of hydrogen-bond acceptors (Lipinski definition) is 3. The van der Waals surface area contributed by atoms with Gasteiger partial charge in [0, 0.05) is 20.2 Å². The van der Waals surface area contributed by atoms with Gasteiger partial charge in [0.25, 0.3) is 0 Å². The molecule has 0 saturated carbocycles. The summed E-state index contributed by atoms with van der Waals surface area (Å²) in [5.74, 6) is 0. The van der Waals surface area contributed by atoms with E-state index in [0.29, 0.717) is 13.2 Å². The van der Waals surface area contributed by atoms with Crippen molar-refractivity contribution in [3.05, 3.63) is 34.9 Å². The molecule has 1 rings (SSSR count). The van der Waals surface area contributed by atoms with Gasteiger partial charge in [-0.1, -0.05) is 18.2 Å². The van der Waals surface area contributed by atoms with Crippen LogP contribution in [0.4, 0.5) is 0 Å². The Balaban J connectivity index is 2.50. The van der Waals surface area contributed by atoms with E-state index >= 15 is 0 Å². The minimum atomic E-state index is -0.420. The van der Waals surface area contributed by atoms with E-state index in [-0.39, 0.29) is 0 Å².